The van der Waals surface area contributed by atoms with Gasteiger partial charge in [0.05, 0.1) is 12.2 Å². The molecule has 0 bridgehead atoms. The first-order valence-corrected chi connectivity index (χ1v) is 6.18. The molecular formula is C15H20O3. The van der Waals surface area contributed by atoms with E-state index in [4.69, 9.17) is 9.47 Å². The lowest BCUT2D eigenvalue weighted by molar-refractivity contribution is 0.0499. The highest BCUT2D eigenvalue weighted by molar-refractivity contribution is 5.89. The van der Waals surface area contributed by atoms with Crippen LogP contribution >= 0.6 is 0 Å². The van der Waals surface area contributed by atoms with E-state index in [2.05, 4.69) is 13.5 Å². The minimum atomic E-state index is -0.282. The Morgan fingerprint density at radius 2 is 1.94 bits per heavy atom. The first-order valence-electron chi connectivity index (χ1n) is 6.18. The molecule has 1 aromatic carbocycles. The quantitative estimate of drug-likeness (QED) is 0.420. The number of rotatable bonds is 7. The van der Waals surface area contributed by atoms with Crippen molar-refractivity contribution in [1.82, 2.24) is 0 Å². The summed E-state index contributed by atoms with van der Waals surface area (Å²) < 4.78 is 10.6. The van der Waals surface area contributed by atoms with Crippen molar-refractivity contribution < 1.29 is 14.3 Å². The topological polar surface area (TPSA) is 35.5 Å². The standard InChI is InChI=1S/C15H20O3/c1-4-5-10-17-15(16)13-6-8-14(9-7-13)18-11-12(2)3/h6-9H,2,4-5,10-11H2,1,3H3. The number of carbonyl (C=O) groups excluding carboxylic acids is 1. The molecule has 18 heavy (non-hydrogen) atoms. The molecule has 0 heterocycles. The molecule has 1 aromatic rings. The van der Waals surface area contributed by atoms with E-state index in [1.807, 2.05) is 6.92 Å². The van der Waals surface area contributed by atoms with Crippen molar-refractivity contribution in [3.63, 3.8) is 0 Å². The molecule has 98 valence electrons. The van der Waals surface area contributed by atoms with Crippen molar-refractivity contribution in [3.05, 3.63) is 42.0 Å². The summed E-state index contributed by atoms with van der Waals surface area (Å²) in [7, 11) is 0. The second-order valence-electron chi connectivity index (χ2n) is 4.26. The van der Waals surface area contributed by atoms with Gasteiger partial charge in [0.25, 0.3) is 0 Å². The van der Waals surface area contributed by atoms with E-state index in [0.29, 0.717) is 18.8 Å². The van der Waals surface area contributed by atoms with Crippen LogP contribution in [0.4, 0.5) is 0 Å². The van der Waals surface area contributed by atoms with Gasteiger partial charge in [-0.05, 0) is 43.2 Å². The fourth-order valence-corrected chi connectivity index (χ4v) is 1.29. The molecule has 0 radical (unpaired) electrons. The third-order valence-corrected chi connectivity index (χ3v) is 2.31. The zero-order valence-corrected chi connectivity index (χ0v) is 11.1. The van der Waals surface area contributed by atoms with E-state index in [1.54, 1.807) is 24.3 Å². The lowest BCUT2D eigenvalue weighted by atomic mass is 10.2. The normalized spacial score (nSPS) is 9.89. The van der Waals surface area contributed by atoms with Gasteiger partial charge in [-0.25, -0.2) is 4.79 Å². The van der Waals surface area contributed by atoms with Crippen molar-refractivity contribution in [2.75, 3.05) is 13.2 Å². The molecule has 0 spiro atoms. The largest absolute Gasteiger partial charge is 0.489 e. The summed E-state index contributed by atoms with van der Waals surface area (Å²) in [5.41, 5.74) is 1.51. The summed E-state index contributed by atoms with van der Waals surface area (Å²) in [6, 6.07) is 6.95. The van der Waals surface area contributed by atoms with Crippen molar-refractivity contribution in [3.8, 4) is 5.75 Å². The molecule has 0 N–H and O–H groups in total. The molecule has 3 heteroatoms. The Morgan fingerprint density at radius 3 is 2.50 bits per heavy atom. The average Bonchev–Trinajstić information content (AvgIpc) is 2.37. The van der Waals surface area contributed by atoms with E-state index in [9.17, 15) is 4.79 Å². The van der Waals surface area contributed by atoms with Crippen molar-refractivity contribution in [2.45, 2.75) is 26.7 Å². The molecule has 0 saturated heterocycles. The lowest BCUT2D eigenvalue weighted by Gasteiger charge is -2.07. The second kappa shape index (κ2) is 7.54. The highest BCUT2D eigenvalue weighted by Crippen LogP contribution is 2.13. The third-order valence-electron chi connectivity index (χ3n) is 2.31. The van der Waals surface area contributed by atoms with Crippen LogP contribution in [-0.2, 0) is 4.74 Å². The Kier molecular flexibility index (Phi) is 5.98. The van der Waals surface area contributed by atoms with Crippen LogP contribution in [0.25, 0.3) is 0 Å². The van der Waals surface area contributed by atoms with Crippen LogP contribution in [0, 0.1) is 0 Å². The zero-order valence-electron chi connectivity index (χ0n) is 11.1. The maximum absolute atomic E-state index is 11.6. The van der Waals surface area contributed by atoms with E-state index >= 15 is 0 Å². The number of hydrogen-bond donors (Lipinski definition) is 0. The van der Waals surface area contributed by atoms with Gasteiger partial charge in [-0.1, -0.05) is 19.9 Å². The summed E-state index contributed by atoms with van der Waals surface area (Å²) in [6.45, 7) is 8.68. The first-order chi connectivity index (χ1) is 8.63. The summed E-state index contributed by atoms with van der Waals surface area (Å²) in [6.07, 6.45) is 1.91. The van der Waals surface area contributed by atoms with Gasteiger partial charge in [0.1, 0.15) is 12.4 Å². The Hall–Kier alpha value is -1.77. The number of ether oxygens (including phenoxy) is 2. The third kappa shape index (κ3) is 5.04. The fraction of sp³-hybridized carbons (Fsp3) is 0.400. The monoisotopic (exact) mass is 248 g/mol. The maximum atomic E-state index is 11.6. The molecule has 0 saturated carbocycles. The van der Waals surface area contributed by atoms with Crippen molar-refractivity contribution >= 4 is 5.97 Å². The van der Waals surface area contributed by atoms with Crippen LogP contribution in [0.5, 0.6) is 5.75 Å². The predicted octanol–water partition coefficient (Wildman–Crippen LogP) is 3.60. The van der Waals surface area contributed by atoms with Gasteiger partial charge >= 0.3 is 5.97 Å². The minimum Gasteiger partial charge on any atom is -0.489 e. The minimum absolute atomic E-state index is 0.282. The van der Waals surface area contributed by atoms with Crippen molar-refractivity contribution in [1.29, 1.82) is 0 Å². The summed E-state index contributed by atoms with van der Waals surface area (Å²) >= 11 is 0. The molecule has 0 fully saturated rings. The number of hydrogen-bond acceptors (Lipinski definition) is 3. The first kappa shape index (κ1) is 14.3. The van der Waals surface area contributed by atoms with E-state index in [0.717, 1.165) is 24.2 Å². The van der Waals surface area contributed by atoms with Gasteiger partial charge in [0.15, 0.2) is 0 Å². The number of carbonyl (C=O) groups is 1. The van der Waals surface area contributed by atoms with Crippen molar-refractivity contribution in [2.24, 2.45) is 0 Å². The van der Waals surface area contributed by atoms with Gasteiger partial charge in [-0.15, -0.1) is 0 Å². The predicted molar refractivity (Wildman–Crippen MR) is 71.9 cm³/mol. The van der Waals surface area contributed by atoms with Gasteiger partial charge in [0, 0.05) is 0 Å². The smallest absolute Gasteiger partial charge is 0.338 e. The summed E-state index contributed by atoms with van der Waals surface area (Å²) in [5, 5.41) is 0. The Balaban J connectivity index is 2.48. The van der Waals surface area contributed by atoms with Crippen LogP contribution in [0.1, 0.15) is 37.0 Å². The van der Waals surface area contributed by atoms with E-state index in [-0.39, 0.29) is 5.97 Å². The molecule has 0 unspecified atom stereocenters. The number of benzene rings is 1. The molecule has 0 atom stereocenters. The molecule has 0 aliphatic heterocycles. The van der Waals surface area contributed by atoms with Crippen LogP contribution in [0.2, 0.25) is 0 Å². The molecule has 1 rings (SSSR count). The van der Waals surface area contributed by atoms with Crippen LogP contribution in [0.15, 0.2) is 36.4 Å². The summed E-state index contributed by atoms with van der Waals surface area (Å²) in [5.74, 6) is 0.443. The second-order valence-corrected chi connectivity index (χ2v) is 4.26. The molecule has 0 amide bonds. The highest BCUT2D eigenvalue weighted by atomic mass is 16.5. The zero-order chi connectivity index (χ0) is 13.4. The molecule has 0 aromatic heterocycles. The summed E-state index contributed by atoms with van der Waals surface area (Å²) in [4.78, 5) is 11.6. The highest BCUT2D eigenvalue weighted by Gasteiger charge is 2.06. The van der Waals surface area contributed by atoms with Gasteiger partial charge < -0.3 is 9.47 Å². The van der Waals surface area contributed by atoms with Gasteiger partial charge in [0.2, 0.25) is 0 Å². The van der Waals surface area contributed by atoms with Crippen LogP contribution in [0.3, 0.4) is 0 Å². The average molecular weight is 248 g/mol. The van der Waals surface area contributed by atoms with E-state index in [1.165, 1.54) is 0 Å². The number of esters is 1. The van der Waals surface area contributed by atoms with Gasteiger partial charge in [-0.3, -0.25) is 0 Å². The van der Waals surface area contributed by atoms with Crippen LogP contribution < -0.4 is 4.74 Å². The Bertz CT molecular complexity index is 393. The molecule has 0 aliphatic carbocycles. The molecule has 3 nitrogen and oxygen atoms in total. The SMILES string of the molecule is C=C(C)COc1ccc(C(=O)OCCCC)cc1. The Morgan fingerprint density at radius 1 is 1.28 bits per heavy atom. The van der Waals surface area contributed by atoms with Crippen LogP contribution in [-0.4, -0.2) is 19.2 Å². The molecular weight excluding hydrogens is 228 g/mol. The molecule has 0 aliphatic rings. The maximum Gasteiger partial charge on any atom is 0.338 e. The fourth-order valence-electron chi connectivity index (χ4n) is 1.29. The Labute approximate surface area is 108 Å². The number of unbranched alkanes of at least 4 members (excludes halogenated alkanes) is 1. The van der Waals surface area contributed by atoms with E-state index < -0.39 is 0 Å². The lowest BCUT2D eigenvalue weighted by Crippen LogP contribution is -2.06. The van der Waals surface area contributed by atoms with Gasteiger partial charge in [-0.2, -0.15) is 0 Å².